The molecule has 1 N–H and O–H groups in total. The number of piperidine rings is 1. The highest BCUT2D eigenvalue weighted by Gasteiger charge is 2.40. The van der Waals surface area contributed by atoms with Crippen molar-refractivity contribution in [1.82, 2.24) is 5.32 Å². The first-order valence-corrected chi connectivity index (χ1v) is 6.28. The predicted octanol–water partition coefficient (Wildman–Crippen LogP) is 3.04. The zero-order chi connectivity index (χ0) is 11.0. The van der Waals surface area contributed by atoms with Crippen LogP contribution in [0.5, 0.6) is 0 Å². The molecule has 2 heterocycles. The van der Waals surface area contributed by atoms with Crippen molar-refractivity contribution in [2.24, 2.45) is 0 Å². The Labute approximate surface area is 96.1 Å². The molecule has 1 aromatic rings. The molecule has 0 amide bonds. The van der Waals surface area contributed by atoms with Crippen LogP contribution >= 0.6 is 0 Å². The summed E-state index contributed by atoms with van der Waals surface area (Å²) in [5, 5.41) is 3.77. The van der Waals surface area contributed by atoms with Crippen LogP contribution in [0, 0.1) is 5.82 Å². The third-order valence-corrected chi connectivity index (χ3v) is 4.15. The van der Waals surface area contributed by atoms with Gasteiger partial charge >= 0.3 is 0 Å². The van der Waals surface area contributed by atoms with Gasteiger partial charge in [-0.15, -0.1) is 0 Å². The summed E-state index contributed by atoms with van der Waals surface area (Å²) in [6, 6.07) is 7.73. The topological polar surface area (TPSA) is 12.0 Å². The molecule has 2 bridgehead atoms. The van der Waals surface area contributed by atoms with Gasteiger partial charge in [-0.2, -0.15) is 0 Å². The Morgan fingerprint density at radius 1 is 1.19 bits per heavy atom. The van der Waals surface area contributed by atoms with Gasteiger partial charge < -0.3 is 5.32 Å². The average molecular weight is 219 g/mol. The second-order valence-corrected chi connectivity index (χ2v) is 5.36. The maximum absolute atomic E-state index is 12.8. The second-order valence-electron chi connectivity index (χ2n) is 5.36. The van der Waals surface area contributed by atoms with Crippen molar-refractivity contribution in [1.29, 1.82) is 0 Å². The van der Waals surface area contributed by atoms with Crippen LogP contribution in [0.15, 0.2) is 24.3 Å². The Morgan fingerprint density at radius 2 is 2.00 bits per heavy atom. The molecule has 0 spiro atoms. The molecule has 2 unspecified atom stereocenters. The molecule has 1 aromatic carbocycles. The Bertz CT molecular complexity index is 369. The van der Waals surface area contributed by atoms with Crippen molar-refractivity contribution in [2.45, 2.75) is 50.1 Å². The van der Waals surface area contributed by atoms with Crippen molar-refractivity contribution < 1.29 is 4.39 Å². The SMILES string of the molecule is Fc1ccc(CC23CCCC(CC2)N3)cc1. The molecular weight excluding hydrogens is 201 g/mol. The fourth-order valence-corrected chi connectivity index (χ4v) is 3.35. The molecule has 1 nitrogen and oxygen atoms in total. The second kappa shape index (κ2) is 3.85. The Balaban J connectivity index is 1.76. The Kier molecular flexibility index (Phi) is 2.47. The first-order chi connectivity index (χ1) is 7.76. The van der Waals surface area contributed by atoms with E-state index in [1.165, 1.54) is 37.7 Å². The van der Waals surface area contributed by atoms with Gasteiger partial charge in [0.25, 0.3) is 0 Å². The third-order valence-electron chi connectivity index (χ3n) is 4.15. The lowest BCUT2D eigenvalue weighted by atomic mass is 9.84. The van der Waals surface area contributed by atoms with Crippen molar-refractivity contribution in [3.05, 3.63) is 35.6 Å². The van der Waals surface area contributed by atoms with E-state index >= 15 is 0 Å². The van der Waals surface area contributed by atoms with Gasteiger partial charge in [0.05, 0.1) is 0 Å². The minimum atomic E-state index is -0.137. The summed E-state index contributed by atoms with van der Waals surface area (Å²) in [6.07, 6.45) is 7.63. The molecule has 0 saturated carbocycles. The van der Waals surface area contributed by atoms with Crippen LogP contribution in [0.1, 0.15) is 37.7 Å². The van der Waals surface area contributed by atoms with Gasteiger partial charge in [0, 0.05) is 11.6 Å². The van der Waals surface area contributed by atoms with Crippen molar-refractivity contribution >= 4 is 0 Å². The number of nitrogens with one attached hydrogen (secondary N) is 1. The summed E-state index contributed by atoms with van der Waals surface area (Å²) < 4.78 is 12.8. The molecule has 2 aliphatic rings. The molecule has 2 heteroatoms. The minimum Gasteiger partial charge on any atom is -0.308 e. The summed E-state index contributed by atoms with van der Waals surface area (Å²) in [5.41, 5.74) is 1.58. The van der Waals surface area contributed by atoms with E-state index in [9.17, 15) is 4.39 Å². The van der Waals surface area contributed by atoms with Crippen LogP contribution in [0.3, 0.4) is 0 Å². The normalized spacial score (nSPS) is 32.9. The largest absolute Gasteiger partial charge is 0.308 e. The zero-order valence-corrected chi connectivity index (χ0v) is 9.51. The summed E-state index contributed by atoms with van der Waals surface area (Å²) in [4.78, 5) is 0. The molecule has 3 rings (SSSR count). The molecule has 2 saturated heterocycles. The maximum Gasteiger partial charge on any atom is 0.123 e. The monoisotopic (exact) mass is 219 g/mol. The standard InChI is InChI=1S/C14H18FN/c15-12-5-3-11(4-6-12)10-14-8-1-2-13(16-14)7-9-14/h3-6,13,16H,1-2,7-10H2. The van der Waals surface area contributed by atoms with Gasteiger partial charge in [-0.25, -0.2) is 4.39 Å². The van der Waals surface area contributed by atoms with E-state index in [2.05, 4.69) is 5.32 Å². The van der Waals surface area contributed by atoms with E-state index in [1.807, 2.05) is 12.1 Å². The highest BCUT2D eigenvalue weighted by Crippen LogP contribution is 2.37. The van der Waals surface area contributed by atoms with Gasteiger partial charge in [0.2, 0.25) is 0 Å². The predicted molar refractivity (Wildman–Crippen MR) is 62.8 cm³/mol. The number of fused-ring (bicyclic) bond motifs is 2. The Morgan fingerprint density at radius 3 is 2.81 bits per heavy atom. The first-order valence-electron chi connectivity index (χ1n) is 6.28. The van der Waals surface area contributed by atoms with E-state index in [4.69, 9.17) is 0 Å². The van der Waals surface area contributed by atoms with Gasteiger partial charge in [0.1, 0.15) is 5.82 Å². The quantitative estimate of drug-likeness (QED) is 0.806. The number of rotatable bonds is 2. The van der Waals surface area contributed by atoms with Crippen LogP contribution < -0.4 is 5.32 Å². The van der Waals surface area contributed by atoms with E-state index in [1.54, 1.807) is 12.1 Å². The molecule has 86 valence electrons. The van der Waals surface area contributed by atoms with Gasteiger partial charge in [-0.05, 0) is 49.8 Å². The third kappa shape index (κ3) is 1.86. The summed E-state index contributed by atoms with van der Waals surface area (Å²) in [5.74, 6) is -0.137. The smallest absolute Gasteiger partial charge is 0.123 e. The van der Waals surface area contributed by atoms with E-state index in [-0.39, 0.29) is 5.82 Å². The van der Waals surface area contributed by atoms with Crippen molar-refractivity contribution in [3.8, 4) is 0 Å². The average Bonchev–Trinajstić information content (AvgIpc) is 2.58. The number of halogens is 1. The lowest BCUT2D eigenvalue weighted by molar-refractivity contribution is 0.273. The molecule has 2 fully saturated rings. The minimum absolute atomic E-state index is 0.137. The lowest BCUT2D eigenvalue weighted by Crippen LogP contribution is -2.48. The molecule has 16 heavy (non-hydrogen) atoms. The van der Waals surface area contributed by atoms with E-state index < -0.39 is 0 Å². The summed E-state index contributed by atoms with van der Waals surface area (Å²) in [6.45, 7) is 0. The fourth-order valence-electron chi connectivity index (χ4n) is 3.35. The molecule has 0 aliphatic carbocycles. The zero-order valence-electron chi connectivity index (χ0n) is 9.51. The molecular formula is C14H18FN. The van der Waals surface area contributed by atoms with E-state index in [0.29, 0.717) is 5.54 Å². The molecule has 0 radical (unpaired) electrons. The van der Waals surface area contributed by atoms with Crippen LogP contribution in [0.2, 0.25) is 0 Å². The fraction of sp³-hybridized carbons (Fsp3) is 0.571. The highest BCUT2D eigenvalue weighted by molar-refractivity contribution is 5.20. The number of hydrogen-bond acceptors (Lipinski definition) is 1. The van der Waals surface area contributed by atoms with Crippen LogP contribution in [-0.2, 0) is 6.42 Å². The first kappa shape index (κ1) is 10.3. The molecule has 2 aliphatic heterocycles. The maximum atomic E-state index is 12.8. The van der Waals surface area contributed by atoms with Gasteiger partial charge in [-0.1, -0.05) is 18.6 Å². The highest BCUT2D eigenvalue weighted by atomic mass is 19.1. The van der Waals surface area contributed by atoms with Crippen LogP contribution in [0.4, 0.5) is 4.39 Å². The Hall–Kier alpha value is -0.890. The van der Waals surface area contributed by atoms with Crippen LogP contribution in [0.25, 0.3) is 0 Å². The van der Waals surface area contributed by atoms with Crippen molar-refractivity contribution in [2.75, 3.05) is 0 Å². The summed E-state index contributed by atoms with van der Waals surface area (Å²) in [7, 11) is 0. The van der Waals surface area contributed by atoms with Crippen LogP contribution in [-0.4, -0.2) is 11.6 Å². The van der Waals surface area contributed by atoms with Gasteiger partial charge in [0.15, 0.2) is 0 Å². The summed E-state index contributed by atoms with van der Waals surface area (Å²) >= 11 is 0. The lowest BCUT2D eigenvalue weighted by Gasteiger charge is -2.35. The van der Waals surface area contributed by atoms with E-state index in [0.717, 1.165) is 12.5 Å². The van der Waals surface area contributed by atoms with Gasteiger partial charge in [-0.3, -0.25) is 0 Å². The van der Waals surface area contributed by atoms with Crippen molar-refractivity contribution in [3.63, 3.8) is 0 Å². The number of benzene rings is 1. The molecule has 0 aromatic heterocycles. The molecule has 2 atom stereocenters. The number of hydrogen-bond donors (Lipinski definition) is 1.